The van der Waals surface area contributed by atoms with Crippen LogP contribution >= 0.6 is 0 Å². The van der Waals surface area contributed by atoms with Crippen molar-refractivity contribution < 1.29 is 9.53 Å². The van der Waals surface area contributed by atoms with Crippen molar-refractivity contribution in [2.75, 3.05) is 33.3 Å². The van der Waals surface area contributed by atoms with E-state index in [-0.39, 0.29) is 12.0 Å². The van der Waals surface area contributed by atoms with Gasteiger partial charge in [0.05, 0.1) is 6.10 Å². The lowest BCUT2D eigenvalue weighted by molar-refractivity contribution is -0.132. The lowest BCUT2D eigenvalue weighted by Gasteiger charge is -2.29. The van der Waals surface area contributed by atoms with Crippen molar-refractivity contribution in [3.05, 3.63) is 35.4 Å². The van der Waals surface area contributed by atoms with Gasteiger partial charge in [-0.3, -0.25) is 9.79 Å². The zero-order chi connectivity index (χ0) is 21.1. The molecule has 1 aliphatic heterocycles. The Kier molecular flexibility index (Phi) is 9.98. The van der Waals surface area contributed by atoms with Gasteiger partial charge in [-0.2, -0.15) is 0 Å². The lowest BCUT2D eigenvalue weighted by Crippen LogP contribution is -2.40. The molecule has 1 unspecified atom stereocenters. The van der Waals surface area contributed by atoms with Gasteiger partial charge < -0.3 is 20.3 Å². The molecule has 1 aromatic rings. The average molecular weight is 403 g/mol. The van der Waals surface area contributed by atoms with E-state index in [2.05, 4.69) is 47.7 Å². The van der Waals surface area contributed by atoms with Crippen LogP contribution in [0.15, 0.2) is 29.3 Å². The number of hydrogen-bond acceptors (Lipinski definition) is 3. The van der Waals surface area contributed by atoms with Gasteiger partial charge in [0.25, 0.3) is 0 Å². The first-order valence-corrected chi connectivity index (χ1v) is 11.0. The summed E-state index contributed by atoms with van der Waals surface area (Å²) in [7, 11) is 1.77. The van der Waals surface area contributed by atoms with Crippen LogP contribution in [0.5, 0.6) is 0 Å². The Morgan fingerprint density at radius 3 is 2.62 bits per heavy atom. The third-order valence-corrected chi connectivity index (χ3v) is 5.41. The summed E-state index contributed by atoms with van der Waals surface area (Å²) < 4.78 is 5.78. The number of nitrogens with zero attached hydrogens (tertiary/aromatic N) is 2. The maximum absolute atomic E-state index is 12.5. The van der Waals surface area contributed by atoms with Gasteiger partial charge in [-0.15, -0.1) is 0 Å². The van der Waals surface area contributed by atoms with Gasteiger partial charge in [0.15, 0.2) is 5.96 Å². The standard InChI is InChI=1S/C23H38N4O2/c1-5-29-21(18(2)3)12-15-26-23(24-4)25-14-8-11-22(28)27-16-13-19-9-6-7-10-20(19)17-27/h6-7,9-10,18,21H,5,8,11-17H2,1-4H3,(H2,24,25,26). The molecule has 0 saturated carbocycles. The van der Waals surface area contributed by atoms with Crippen LogP contribution in [-0.2, 0) is 22.5 Å². The van der Waals surface area contributed by atoms with E-state index < -0.39 is 0 Å². The summed E-state index contributed by atoms with van der Waals surface area (Å²) in [4.78, 5) is 18.8. The van der Waals surface area contributed by atoms with Gasteiger partial charge in [0, 0.05) is 46.3 Å². The van der Waals surface area contributed by atoms with Gasteiger partial charge in [-0.25, -0.2) is 0 Å². The molecule has 0 saturated heterocycles. The van der Waals surface area contributed by atoms with Crippen molar-refractivity contribution in [3.63, 3.8) is 0 Å². The predicted octanol–water partition coefficient (Wildman–Crippen LogP) is 2.97. The molecule has 1 amide bonds. The average Bonchev–Trinajstić information content (AvgIpc) is 2.73. The van der Waals surface area contributed by atoms with Crippen molar-refractivity contribution in [1.29, 1.82) is 0 Å². The molecule has 0 fully saturated rings. The topological polar surface area (TPSA) is 66.0 Å². The molecule has 1 aliphatic rings. The Bertz CT molecular complexity index is 660. The highest BCUT2D eigenvalue weighted by Gasteiger charge is 2.19. The zero-order valence-corrected chi connectivity index (χ0v) is 18.5. The molecule has 1 aromatic carbocycles. The number of carbonyl (C=O) groups is 1. The molecule has 0 bridgehead atoms. The van der Waals surface area contributed by atoms with Crippen LogP contribution in [0.25, 0.3) is 0 Å². The van der Waals surface area contributed by atoms with Crippen LogP contribution in [0, 0.1) is 5.92 Å². The Hall–Kier alpha value is -2.08. The van der Waals surface area contributed by atoms with Crippen molar-refractivity contribution in [1.82, 2.24) is 15.5 Å². The molecule has 0 aliphatic carbocycles. The van der Waals surface area contributed by atoms with Crippen molar-refractivity contribution in [3.8, 4) is 0 Å². The largest absolute Gasteiger partial charge is 0.378 e. The number of rotatable bonds is 10. The number of ether oxygens (including phenoxy) is 1. The first-order valence-electron chi connectivity index (χ1n) is 11.0. The fraction of sp³-hybridized carbons (Fsp3) is 0.652. The van der Waals surface area contributed by atoms with E-state index in [1.807, 2.05) is 17.9 Å². The summed E-state index contributed by atoms with van der Waals surface area (Å²) in [5.74, 6) is 1.52. The Labute approximate surface area is 176 Å². The summed E-state index contributed by atoms with van der Waals surface area (Å²) in [6.45, 7) is 10.3. The maximum atomic E-state index is 12.5. The van der Waals surface area contributed by atoms with Crippen LogP contribution in [0.1, 0.15) is 51.2 Å². The number of nitrogens with one attached hydrogen (secondary N) is 2. The second-order valence-corrected chi connectivity index (χ2v) is 7.89. The van der Waals surface area contributed by atoms with Gasteiger partial charge in [-0.1, -0.05) is 38.1 Å². The molecule has 2 rings (SSSR count). The molecule has 0 radical (unpaired) electrons. The second-order valence-electron chi connectivity index (χ2n) is 7.89. The van der Waals surface area contributed by atoms with Gasteiger partial charge in [0.1, 0.15) is 0 Å². The molecule has 0 spiro atoms. The van der Waals surface area contributed by atoms with Gasteiger partial charge in [0.2, 0.25) is 5.91 Å². The van der Waals surface area contributed by atoms with Crippen LogP contribution in [-0.4, -0.2) is 56.2 Å². The Morgan fingerprint density at radius 2 is 1.93 bits per heavy atom. The van der Waals surface area contributed by atoms with E-state index in [9.17, 15) is 4.79 Å². The molecule has 0 aromatic heterocycles. The fourth-order valence-corrected chi connectivity index (χ4v) is 3.69. The molecule has 6 nitrogen and oxygen atoms in total. The molecule has 1 atom stereocenters. The Morgan fingerprint density at radius 1 is 1.21 bits per heavy atom. The summed E-state index contributed by atoms with van der Waals surface area (Å²) in [6.07, 6.45) is 3.52. The minimum atomic E-state index is 0.237. The summed E-state index contributed by atoms with van der Waals surface area (Å²) in [6, 6.07) is 8.41. The molecular weight excluding hydrogens is 364 g/mol. The normalized spacial score (nSPS) is 15.2. The number of amides is 1. The molecule has 1 heterocycles. The number of hydrogen-bond donors (Lipinski definition) is 2. The van der Waals surface area contributed by atoms with E-state index >= 15 is 0 Å². The minimum absolute atomic E-state index is 0.237. The molecular formula is C23H38N4O2. The summed E-state index contributed by atoms with van der Waals surface area (Å²) in [5.41, 5.74) is 2.65. The highest BCUT2D eigenvalue weighted by molar-refractivity contribution is 5.80. The Balaban J connectivity index is 1.64. The van der Waals surface area contributed by atoms with Gasteiger partial charge in [-0.05, 0) is 43.2 Å². The van der Waals surface area contributed by atoms with E-state index in [1.165, 1.54) is 11.1 Å². The van der Waals surface area contributed by atoms with E-state index in [0.717, 1.165) is 58.0 Å². The van der Waals surface area contributed by atoms with Crippen LogP contribution < -0.4 is 10.6 Å². The number of benzene rings is 1. The molecule has 162 valence electrons. The minimum Gasteiger partial charge on any atom is -0.378 e. The van der Waals surface area contributed by atoms with Gasteiger partial charge >= 0.3 is 0 Å². The molecule has 2 N–H and O–H groups in total. The number of guanidine groups is 1. The number of carbonyl (C=O) groups excluding carboxylic acids is 1. The zero-order valence-electron chi connectivity index (χ0n) is 18.5. The highest BCUT2D eigenvalue weighted by Crippen LogP contribution is 2.19. The molecule has 29 heavy (non-hydrogen) atoms. The monoisotopic (exact) mass is 402 g/mol. The summed E-state index contributed by atoms with van der Waals surface area (Å²) in [5, 5.41) is 6.64. The first kappa shape index (κ1) is 23.2. The number of fused-ring (bicyclic) bond motifs is 1. The van der Waals surface area contributed by atoms with Crippen molar-refractivity contribution >= 4 is 11.9 Å². The second kappa shape index (κ2) is 12.5. The fourth-order valence-electron chi connectivity index (χ4n) is 3.69. The van der Waals surface area contributed by atoms with Crippen molar-refractivity contribution in [2.24, 2.45) is 10.9 Å². The van der Waals surface area contributed by atoms with Crippen LogP contribution in [0.3, 0.4) is 0 Å². The SMILES string of the molecule is CCOC(CCNC(=NC)NCCCC(=O)N1CCc2ccccc2C1)C(C)C. The third kappa shape index (κ3) is 7.69. The first-order chi connectivity index (χ1) is 14.0. The lowest BCUT2D eigenvalue weighted by atomic mass is 9.99. The highest BCUT2D eigenvalue weighted by atomic mass is 16.5. The van der Waals surface area contributed by atoms with Crippen molar-refractivity contribution in [2.45, 2.75) is 59.1 Å². The van der Waals surface area contributed by atoms with Crippen LogP contribution in [0.2, 0.25) is 0 Å². The van der Waals surface area contributed by atoms with E-state index in [0.29, 0.717) is 12.3 Å². The van der Waals surface area contributed by atoms with E-state index in [4.69, 9.17) is 4.74 Å². The quantitative estimate of drug-likeness (QED) is 0.359. The smallest absolute Gasteiger partial charge is 0.222 e. The van der Waals surface area contributed by atoms with E-state index in [1.54, 1.807) is 7.05 Å². The summed E-state index contributed by atoms with van der Waals surface area (Å²) >= 11 is 0. The number of aliphatic imine (C=N–C) groups is 1. The predicted molar refractivity (Wildman–Crippen MR) is 119 cm³/mol. The molecule has 6 heteroatoms. The third-order valence-electron chi connectivity index (χ3n) is 5.41. The van der Waals surface area contributed by atoms with Crippen LogP contribution in [0.4, 0.5) is 0 Å². The maximum Gasteiger partial charge on any atom is 0.222 e.